The van der Waals surface area contributed by atoms with Crippen molar-refractivity contribution < 1.29 is 13.5 Å². The molecule has 0 aromatic carbocycles. The molecule has 2 saturated carbocycles. The summed E-state index contributed by atoms with van der Waals surface area (Å²) in [6.07, 6.45) is 7.73. The molecule has 3 nitrogen and oxygen atoms in total. The van der Waals surface area contributed by atoms with Crippen molar-refractivity contribution in [3.8, 4) is 0 Å². The van der Waals surface area contributed by atoms with Gasteiger partial charge in [0.1, 0.15) is 9.84 Å². The van der Waals surface area contributed by atoms with Crippen LogP contribution in [0.3, 0.4) is 0 Å². The average molecular weight is 260 g/mol. The van der Waals surface area contributed by atoms with E-state index < -0.39 is 15.4 Å². The van der Waals surface area contributed by atoms with Gasteiger partial charge < -0.3 is 5.11 Å². The molecule has 0 aromatic heterocycles. The lowest BCUT2D eigenvalue weighted by molar-refractivity contribution is -0.0581. The highest BCUT2D eigenvalue weighted by Gasteiger charge is 2.47. The molecule has 0 amide bonds. The lowest BCUT2D eigenvalue weighted by atomic mass is 9.72. The lowest BCUT2D eigenvalue weighted by Crippen LogP contribution is -2.44. The monoisotopic (exact) mass is 260 g/mol. The van der Waals surface area contributed by atoms with Crippen LogP contribution in [0.15, 0.2) is 0 Å². The largest absolute Gasteiger partial charge is 0.389 e. The van der Waals surface area contributed by atoms with Gasteiger partial charge in [-0.25, -0.2) is 8.42 Å². The molecule has 0 bridgehead atoms. The van der Waals surface area contributed by atoms with E-state index in [0.29, 0.717) is 12.3 Å². The van der Waals surface area contributed by atoms with E-state index in [1.54, 1.807) is 0 Å². The summed E-state index contributed by atoms with van der Waals surface area (Å²) in [7, 11) is -2.94. The van der Waals surface area contributed by atoms with E-state index in [1.165, 1.54) is 6.26 Å². The Morgan fingerprint density at radius 2 is 1.88 bits per heavy atom. The molecule has 0 heterocycles. The molecule has 2 aliphatic carbocycles. The number of sulfone groups is 1. The van der Waals surface area contributed by atoms with Gasteiger partial charge in [-0.1, -0.05) is 19.8 Å². The quantitative estimate of drug-likeness (QED) is 0.827. The van der Waals surface area contributed by atoms with Crippen molar-refractivity contribution in [3.05, 3.63) is 0 Å². The molecule has 0 aliphatic heterocycles. The number of aliphatic hydroxyl groups is 1. The Morgan fingerprint density at radius 1 is 1.18 bits per heavy atom. The van der Waals surface area contributed by atoms with Crippen LogP contribution in [0.4, 0.5) is 0 Å². The summed E-state index contributed by atoms with van der Waals surface area (Å²) in [5.74, 6) is 0.513. The molecule has 4 unspecified atom stereocenters. The molecule has 1 N–H and O–H groups in total. The Balaban J connectivity index is 2.12. The predicted octanol–water partition coefficient (Wildman–Crippen LogP) is 2.14. The summed E-state index contributed by atoms with van der Waals surface area (Å²) >= 11 is 0. The van der Waals surface area contributed by atoms with Gasteiger partial charge in [0.15, 0.2) is 0 Å². The van der Waals surface area contributed by atoms with E-state index in [0.717, 1.165) is 38.5 Å². The minimum atomic E-state index is -2.94. The first-order valence-corrected chi connectivity index (χ1v) is 8.70. The van der Waals surface area contributed by atoms with Crippen LogP contribution in [0.25, 0.3) is 0 Å². The summed E-state index contributed by atoms with van der Waals surface area (Å²) in [6.45, 7) is 2.11. The standard InChI is InChI=1S/C13H24O3S/c1-10-5-4-8-13(10,14)11-6-3-7-12(9-11)17(2,15)16/h10-12,14H,3-9H2,1-2H3. The average Bonchev–Trinajstić information content (AvgIpc) is 2.60. The topological polar surface area (TPSA) is 54.4 Å². The highest BCUT2D eigenvalue weighted by molar-refractivity contribution is 7.91. The van der Waals surface area contributed by atoms with Crippen LogP contribution in [0.5, 0.6) is 0 Å². The number of hydrogen-bond donors (Lipinski definition) is 1. The molecule has 0 radical (unpaired) electrons. The Labute approximate surface area is 105 Å². The van der Waals surface area contributed by atoms with Gasteiger partial charge in [0.2, 0.25) is 0 Å². The number of rotatable bonds is 2. The third-order valence-corrected chi connectivity index (χ3v) is 6.65. The molecule has 2 fully saturated rings. The minimum absolute atomic E-state index is 0.188. The maximum atomic E-state index is 11.7. The van der Waals surface area contributed by atoms with Crippen molar-refractivity contribution >= 4 is 9.84 Å². The molecule has 100 valence electrons. The van der Waals surface area contributed by atoms with Gasteiger partial charge in [0, 0.05) is 6.26 Å². The van der Waals surface area contributed by atoms with Crippen LogP contribution in [0.2, 0.25) is 0 Å². The first-order valence-electron chi connectivity index (χ1n) is 6.75. The van der Waals surface area contributed by atoms with Crippen molar-refractivity contribution in [2.75, 3.05) is 6.26 Å². The second kappa shape index (κ2) is 4.54. The summed E-state index contributed by atoms with van der Waals surface area (Å²) in [4.78, 5) is 0. The fourth-order valence-corrected chi connectivity index (χ4v) is 4.96. The summed E-state index contributed by atoms with van der Waals surface area (Å²) < 4.78 is 23.3. The molecular formula is C13H24O3S. The number of hydrogen-bond acceptors (Lipinski definition) is 3. The van der Waals surface area contributed by atoms with Gasteiger partial charge in [-0.2, -0.15) is 0 Å². The van der Waals surface area contributed by atoms with Gasteiger partial charge in [-0.05, 0) is 43.9 Å². The van der Waals surface area contributed by atoms with Crippen LogP contribution < -0.4 is 0 Å². The Morgan fingerprint density at radius 3 is 2.41 bits per heavy atom. The molecule has 17 heavy (non-hydrogen) atoms. The summed E-state index contributed by atoms with van der Waals surface area (Å²) in [6, 6.07) is 0. The van der Waals surface area contributed by atoms with Crippen molar-refractivity contribution in [2.45, 2.75) is 62.7 Å². The molecule has 4 heteroatoms. The molecule has 2 aliphatic rings. The van der Waals surface area contributed by atoms with E-state index in [2.05, 4.69) is 6.92 Å². The van der Waals surface area contributed by atoms with Gasteiger partial charge in [-0.15, -0.1) is 0 Å². The van der Waals surface area contributed by atoms with E-state index >= 15 is 0 Å². The smallest absolute Gasteiger partial charge is 0.150 e. The minimum Gasteiger partial charge on any atom is -0.389 e. The normalized spacial score (nSPS) is 43.8. The van der Waals surface area contributed by atoms with Crippen molar-refractivity contribution in [1.29, 1.82) is 0 Å². The van der Waals surface area contributed by atoms with E-state index in [-0.39, 0.29) is 11.2 Å². The van der Waals surface area contributed by atoms with Crippen LogP contribution in [-0.4, -0.2) is 30.6 Å². The first kappa shape index (κ1) is 13.3. The highest BCUT2D eigenvalue weighted by Crippen LogP contribution is 2.46. The van der Waals surface area contributed by atoms with Crippen LogP contribution in [0, 0.1) is 11.8 Å². The van der Waals surface area contributed by atoms with Crippen LogP contribution >= 0.6 is 0 Å². The summed E-state index contributed by atoms with van der Waals surface area (Å²) in [5, 5.41) is 10.5. The fraction of sp³-hybridized carbons (Fsp3) is 1.00. The third-order valence-electron chi connectivity index (χ3n) is 5.01. The maximum absolute atomic E-state index is 11.7. The van der Waals surface area contributed by atoms with Crippen molar-refractivity contribution in [1.82, 2.24) is 0 Å². The molecule has 2 rings (SSSR count). The molecule has 0 aromatic rings. The molecular weight excluding hydrogens is 236 g/mol. The lowest BCUT2D eigenvalue weighted by Gasteiger charge is -2.41. The first-order chi connectivity index (χ1) is 7.84. The second-order valence-electron chi connectivity index (χ2n) is 6.10. The van der Waals surface area contributed by atoms with Gasteiger partial charge in [-0.3, -0.25) is 0 Å². The molecule has 0 saturated heterocycles. The van der Waals surface area contributed by atoms with E-state index in [9.17, 15) is 13.5 Å². The SMILES string of the molecule is CC1CCCC1(O)C1CCCC(S(C)(=O)=O)C1. The third kappa shape index (κ3) is 2.53. The molecule has 4 atom stereocenters. The van der Waals surface area contributed by atoms with Crippen LogP contribution in [-0.2, 0) is 9.84 Å². The van der Waals surface area contributed by atoms with Crippen molar-refractivity contribution in [3.63, 3.8) is 0 Å². The second-order valence-corrected chi connectivity index (χ2v) is 8.43. The highest BCUT2D eigenvalue weighted by atomic mass is 32.2. The van der Waals surface area contributed by atoms with Gasteiger partial charge in [0.25, 0.3) is 0 Å². The Bertz CT molecular complexity index is 376. The van der Waals surface area contributed by atoms with E-state index in [4.69, 9.17) is 0 Å². The zero-order valence-electron chi connectivity index (χ0n) is 10.9. The Kier molecular flexibility index (Phi) is 3.56. The van der Waals surface area contributed by atoms with E-state index in [1.807, 2.05) is 0 Å². The maximum Gasteiger partial charge on any atom is 0.150 e. The van der Waals surface area contributed by atoms with Gasteiger partial charge >= 0.3 is 0 Å². The zero-order chi connectivity index (χ0) is 12.7. The molecule has 0 spiro atoms. The summed E-state index contributed by atoms with van der Waals surface area (Å²) in [5.41, 5.74) is -0.594. The van der Waals surface area contributed by atoms with Gasteiger partial charge in [0.05, 0.1) is 10.9 Å². The Hall–Kier alpha value is -0.0900. The predicted molar refractivity (Wildman–Crippen MR) is 68.6 cm³/mol. The zero-order valence-corrected chi connectivity index (χ0v) is 11.7. The van der Waals surface area contributed by atoms with Crippen molar-refractivity contribution in [2.24, 2.45) is 11.8 Å². The van der Waals surface area contributed by atoms with Crippen LogP contribution in [0.1, 0.15) is 51.9 Å². The fourth-order valence-electron chi connectivity index (χ4n) is 3.78.